The number of nitrogens with zero attached hydrogens (tertiary/aromatic N) is 3. The molecule has 1 heterocycles. The Morgan fingerprint density at radius 3 is 2.90 bits per heavy atom. The quantitative estimate of drug-likeness (QED) is 0.646. The number of nitrogens with one attached hydrogen (secondary N) is 1. The molecule has 1 N–H and O–H groups in total. The van der Waals surface area contributed by atoms with Crippen molar-refractivity contribution < 1.29 is 4.92 Å². The fourth-order valence-corrected chi connectivity index (χ4v) is 1.86. The topological polar surface area (TPSA) is 81.0 Å². The van der Waals surface area contributed by atoms with E-state index in [4.69, 9.17) is 0 Å². The molecule has 0 radical (unpaired) electrons. The van der Waals surface area contributed by atoms with E-state index < -0.39 is 4.92 Å². The minimum absolute atomic E-state index is 0.0960. The smallest absolute Gasteiger partial charge is 0.269 e. The lowest BCUT2D eigenvalue weighted by Gasteiger charge is -2.06. The van der Waals surface area contributed by atoms with Crippen LogP contribution in [0.2, 0.25) is 0 Å². The summed E-state index contributed by atoms with van der Waals surface area (Å²) in [6, 6.07) is 8.46. The zero-order chi connectivity index (χ0) is 14.4. The van der Waals surface area contributed by atoms with Gasteiger partial charge < -0.3 is 5.32 Å². The van der Waals surface area contributed by atoms with Gasteiger partial charge in [-0.15, -0.1) is 0 Å². The second-order valence-corrected chi connectivity index (χ2v) is 4.43. The molecule has 6 nitrogen and oxygen atoms in total. The lowest BCUT2D eigenvalue weighted by molar-refractivity contribution is -0.384. The highest BCUT2D eigenvalue weighted by Gasteiger charge is 2.05. The Balaban J connectivity index is 2.03. The fraction of sp³-hybridized carbons (Fsp3) is 0.286. The lowest BCUT2D eigenvalue weighted by Crippen LogP contribution is -2.03. The number of nitro groups is 1. The van der Waals surface area contributed by atoms with Gasteiger partial charge in [-0.1, -0.05) is 25.5 Å². The van der Waals surface area contributed by atoms with Crippen LogP contribution in [0.5, 0.6) is 0 Å². The molecule has 0 spiro atoms. The van der Waals surface area contributed by atoms with Crippen LogP contribution in [0.3, 0.4) is 0 Å². The van der Waals surface area contributed by atoms with Gasteiger partial charge in [-0.25, -0.2) is 9.97 Å². The van der Waals surface area contributed by atoms with Crippen molar-refractivity contribution in [3.63, 3.8) is 0 Å². The first-order valence-electron chi connectivity index (χ1n) is 6.47. The van der Waals surface area contributed by atoms with Crippen LogP contribution in [0.1, 0.15) is 24.6 Å². The van der Waals surface area contributed by atoms with Crippen molar-refractivity contribution >= 4 is 11.5 Å². The molecule has 6 heteroatoms. The Bertz CT molecular complexity index is 601. The minimum Gasteiger partial charge on any atom is -0.366 e. The number of rotatable bonds is 6. The zero-order valence-corrected chi connectivity index (χ0v) is 11.2. The van der Waals surface area contributed by atoms with Gasteiger partial charge in [0.2, 0.25) is 0 Å². The molecule has 104 valence electrons. The van der Waals surface area contributed by atoms with E-state index in [0.717, 1.165) is 29.9 Å². The maximum absolute atomic E-state index is 10.7. The molecule has 2 aromatic rings. The van der Waals surface area contributed by atoms with Crippen LogP contribution < -0.4 is 5.32 Å². The first kappa shape index (κ1) is 13.9. The van der Waals surface area contributed by atoms with Gasteiger partial charge in [-0.3, -0.25) is 10.1 Å². The number of nitro benzene ring substituents is 1. The third-order valence-electron chi connectivity index (χ3n) is 2.82. The molecule has 0 saturated carbocycles. The first-order chi connectivity index (χ1) is 9.69. The van der Waals surface area contributed by atoms with Crippen molar-refractivity contribution in [3.05, 3.63) is 58.0 Å². The summed E-state index contributed by atoms with van der Waals surface area (Å²) in [5.41, 5.74) is 1.93. The number of benzene rings is 1. The Labute approximate surface area is 117 Å². The predicted molar refractivity (Wildman–Crippen MR) is 76.5 cm³/mol. The Morgan fingerprint density at radius 1 is 1.30 bits per heavy atom. The minimum atomic E-state index is -0.395. The monoisotopic (exact) mass is 272 g/mol. The van der Waals surface area contributed by atoms with Crippen molar-refractivity contribution in [1.29, 1.82) is 0 Å². The summed E-state index contributed by atoms with van der Waals surface area (Å²) in [5, 5.41) is 13.9. The molecule has 20 heavy (non-hydrogen) atoms. The van der Waals surface area contributed by atoms with E-state index in [0.29, 0.717) is 6.54 Å². The zero-order valence-electron chi connectivity index (χ0n) is 11.2. The van der Waals surface area contributed by atoms with Gasteiger partial charge in [-0.2, -0.15) is 0 Å². The molecule has 1 aromatic carbocycles. The fourth-order valence-electron chi connectivity index (χ4n) is 1.86. The van der Waals surface area contributed by atoms with Gasteiger partial charge in [0, 0.05) is 30.4 Å². The van der Waals surface area contributed by atoms with Gasteiger partial charge in [-0.05, 0) is 12.0 Å². The van der Waals surface area contributed by atoms with E-state index in [9.17, 15) is 10.1 Å². The largest absolute Gasteiger partial charge is 0.366 e. The van der Waals surface area contributed by atoms with Crippen LogP contribution in [0.25, 0.3) is 0 Å². The molecule has 0 aliphatic rings. The van der Waals surface area contributed by atoms with Gasteiger partial charge >= 0.3 is 0 Å². The molecule has 0 amide bonds. The molecule has 0 unspecified atom stereocenters. The highest BCUT2D eigenvalue weighted by atomic mass is 16.6. The highest BCUT2D eigenvalue weighted by molar-refractivity contribution is 5.39. The molecule has 0 aliphatic heterocycles. The molecular weight excluding hydrogens is 256 g/mol. The van der Waals surface area contributed by atoms with Crippen LogP contribution in [-0.4, -0.2) is 14.9 Å². The summed E-state index contributed by atoms with van der Waals surface area (Å²) in [5.74, 6) is 0.731. The molecule has 0 aliphatic carbocycles. The van der Waals surface area contributed by atoms with Gasteiger partial charge in [0.05, 0.1) is 4.92 Å². The normalized spacial score (nSPS) is 10.2. The number of hydrogen-bond acceptors (Lipinski definition) is 5. The molecular formula is C14H16N4O2. The van der Waals surface area contributed by atoms with E-state index >= 15 is 0 Å². The van der Waals surface area contributed by atoms with Crippen LogP contribution in [0, 0.1) is 10.1 Å². The number of hydrogen-bond donors (Lipinski definition) is 1. The van der Waals surface area contributed by atoms with Crippen molar-refractivity contribution in [2.24, 2.45) is 0 Å². The average molecular weight is 272 g/mol. The average Bonchev–Trinajstić information content (AvgIpc) is 2.46. The van der Waals surface area contributed by atoms with Crippen molar-refractivity contribution in [1.82, 2.24) is 9.97 Å². The second kappa shape index (κ2) is 6.60. The molecule has 0 saturated heterocycles. The highest BCUT2D eigenvalue weighted by Crippen LogP contribution is 2.14. The third kappa shape index (κ3) is 3.74. The van der Waals surface area contributed by atoms with E-state index in [1.54, 1.807) is 12.1 Å². The standard InChI is InChI=1S/C14H16N4O2/c1-2-4-12-8-14(17-10-16-12)15-9-11-5-3-6-13(7-11)18(19)20/h3,5-8,10H,2,4,9H2,1H3,(H,15,16,17). The summed E-state index contributed by atoms with van der Waals surface area (Å²) in [6.45, 7) is 2.59. The molecule has 0 atom stereocenters. The summed E-state index contributed by atoms with van der Waals surface area (Å²) in [6.07, 6.45) is 3.47. The number of non-ortho nitro benzene ring substituents is 1. The molecule has 2 rings (SSSR count). The lowest BCUT2D eigenvalue weighted by atomic mass is 10.2. The SMILES string of the molecule is CCCc1cc(NCc2cccc([N+](=O)[O-])c2)ncn1. The molecule has 0 fully saturated rings. The maximum atomic E-state index is 10.7. The van der Waals surface area contributed by atoms with Crippen molar-refractivity contribution in [2.45, 2.75) is 26.3 Å². The van der Waals surface area contributed by atoms with Crippen LogP contribution in [0.4, 0.5) is 11.5 Å². The summed E-state index contributed by atoms with van der Waals surface area (Å²) >= 11 is 0. The molecule has 0 bridgehead atoms. The Kier molecular flexibility index (Phi) is 4.60. The summed E-state index contributed by atoms with van der Waals surface area (Å²) in [7, 11) is 0. The van der Waals surface area contributed by atoms with Crippen molar-refractivity contribution in [2.75, 3.05) is 5.32 Å². The van der Waals surface area contributed by atoms with Gasteiger partial charge in [0.1, 0.15) is 12.1 Å². The maximum Gasteiger partial charge on any atom is 0.269 e. The van der Waals surface area contributed by atoms with E-state index in [2.05, 4.69) is 22.2 Å². The number of aryl methyl sites for hydroxylation is 1. The second-order valence-electron chi connectivity index (χ2n) is 4.43. The van der Waals surface area contributed by atoms with Gasteiger partial charge in [0.15, 0.2) is 0 Å². The Hall–Kier alpha value is -2.50. The summed E-state index contributed by atoms with van der Waals surface area (Å²) in [4.78, 5) is 18.6. The van der Waals surface area contributed by atoms with E-state index in [1.165, 1.54) is 12.4 Å². The van der Waals surface area contributed by atoms with Crippen LogP contribution >= 0.6 is 0 Å². The van der Waals surface area contributed by atoms with Crippen LogP contribution in [0.15, 0.2) is 36.7 Å². The van der Waals surface area contributed by atoms with Crippen LogP contribution in [-0.2, 0) is 13.0 Å². The Morgan fingerprint density at radius 2 is 2.15 bits per heavy atom. The van der Waals surface area contributed by atoms with E-state index in [-0.39, 0.29) is 5.69 Å². The number of aromatic nitrogens is 2. The van der Waals surface area contributed by atoms with Gasteiger partial charge in [0.25, 0.3) is 5.69 Å². The summed E-state index contributed by atoms with van der Waals surface area (Å²) < 4.78 is 0. The molecule has 1 aromatic heterocycles. The third-order valence-corrected chi connectivity index (χ3v) is 2.82. The van der Waals surface area contributed by atoms with E-state index in [1.807, 2.05) is 12.1 Å². The number of anilines is 1. The van der Waals surface area contributed by atoms with Crippen molar-refractivity contribution in [3.8, 4) is 0 Å². The predicted octanol–water partition coefficient (Wildman–Crippen LogP) is 2.95. The first-order valence-corrected chi connectivity index (χ1v) is 6.47.